The number of methoxy groups -OCH3 is 1. The molecular formula is C18H17N3O2. The summed E-state index contributed by atoms with van der Waals surface area (Å²) in [5.41, 5.74) is 8.53. The Morgan fingerprint density at radius 1 is 1.09 bits per heavy atom. The highest BCUT2D eigenvalue weighted by molar-refractivity contribution is 6.04. The standard InChI is InChI=1S/C18H17N3O2/c1-23-17-9-6-14(12-16(17)19)20-18(22)13-4-7-15(8-5-13)21-10-2-3-11-21/h2-12H,19H2,1H3,(H,20,22). The topological polar surface area (TPSA) is 69.3 Å². The lowest BCUT2D eigenvalue weighted by molar-refractivity contribution is 0.102. The molecule has 0 spiro atoms. The van der Waals surface area contributed by atoms with Crippen LogP contribution in [0.4, 0.5) is 11.4 Å². The Hall–Kier alpha value is -3.21. The molecule has 1 amide bonds. The third kappa shape index (κ3) is 3.18. The van der Waals surface area contributed by atoms with Gasteiger partial charge in [-0.25, -0.2) is 0 Å². The lowest BCUT2D eigenvalue weighted by atomic mass is 10.2. The van der Waals surface area contributed by atoms with Crippen molar-refractivity contribution in [3.8, 4) is 11.4 Å². The second-order valence-corrected chi connectivity index (χ2v) is 5.05. The molecule has 0 radical (unpaired) electrons. The molecule has 3 aromatic rings. The first kappa shape index (κ1) is 14.7. The number of benzene rings is 2. The largest absolute Gasteiger partial charge is 0.495 e. The number of anilines is 2. The molecule has 0 aliphatic carbocycles. The Morgan fingerprint density at radius 2 is 1.78 bits per heavy atom. The van der Waals surface area contributed by atoms with Crippen LogP contribution in [0, 0.1) is 0 Å². The molecule has 0 saturated carbocycles. The molecule has 3 N–H and O–H groups in total. The molecule has 0 saturated heterocycles. The summed E-state index contributed by atoms with van der Waals surface area (Å²) in [6.45, 7) is 0. The number of carbonyl (C=O) groups excluding carboxylic acids is 1. The van der Waals surface area contributed by atoms with Gasteiger partial charge in [0, 0.05) is 29.3 Å². The molecule has 0 aliphatic heterocycles. The molecule has 1 heterocycles. The van der Waals surface area contributed by atoms with Crippen LogP contribution in [0.25, 0.3) is 5.69 Å². The Balaban J connectivity index is 1.74. The number of hydrogen-bond acceptors (Lipinski definition) is 3. The second kappa shape index (κ2) is 6.27. The van der Waals surface area contributed by atoms with Crippen molar-refractivity contribution in [1.29, 1.82) is 0 Å². The van der Waals surface area contributed by atoms with Crippen LogP contribution in [-0.4, -0.2) is 17.6 Å². The van der Waals surface area contributed by atoms with Crippen LogP contribution in [0.3, 0.4) is 0 Å². The van der Waals surface area contributed by atoms with E-state index in [4.69, 9.17) is 10.5 Å². The van der Waals surface area contributed by atoms with Crippen LogP contribution in [0.1, 0.15) is 10.4 Å². The number of carbonyl (C=O) groups is 1. The van der Waals surface area contributed by atoms with Crippen LogP contribution in [0.15, 0.2) is 67.0 Å². The number of rotatable bonds is 4. The quantitative estimate of drug-likeness (QED) is 0.726. The maximum absolute atomic E-state index is 12.3. The third-order valence-electron chi connectivity index (χ3n) is 3.52. The molecule has 0 unspecified atom stereocenters. The van der Waals surface area contributed by atoms with Gasteiger partial charge in [0.25, 0.3) is 5.91 Å². The zero-order chi connectivity index (χ0) is 16.2. The van der Waals surface area contributed by atoms with Gasteiger partial charge in [-0.2, -0.15) is 0 Å². The second-order valence-electron chi connectivity index (χ2n) is 5.05. The van der Waals surface area contributed by atoms with E-state index in [1.54, 1.807) is 37.4 Å². The highest BCUT2D eigenvalue weighted by Crippen LogP contribution is 2.24. The van der Waals surface area contributed by atoms with Gasteiger partial charge in [-0.3, -0.25) is 4.79 Å². The number of hydrogen-bond donors (Lipinski definition) is 2. The summed E-state index contributed by atoms with van der Waals surface area (Å²) in [5, 5.41) is 2.82. The molecule has 23 heavy (non-hydrogen) atoms. The van der Waals surface area contributed by atoms with Gasteiger partial charge < -0.3 is 20.4 Å². The smallest absolute Gasteiger partial charge is 0.255 e. The fraction of sp³-hybridized carbons (Fsp3) is 0.0556. The van der Waals surface area contributed by atoms with Crippen LogP contribution >= 0.6 is 0 Å². The maximum Gasteiger partial charge on any atom is 0.255 e. The van der Waals surface area contributed by atoms with Crippen molar-refractivity contribution in [2.24, 2.45) is 0 Å². The molecule has 5 nitrogen and oxygen atoms in total. The molecule has 1 aromatic heterocycles. The SMILES string of the molecule is COc1ccc(NC(=O)c2ccc(-n3cccc3)cc2)cc1N. The van der Waals surface area contributed by atoms with E-state index >= 15 is 0 Å². The Morgan fingerprint density at radius 3 is 2.39 bits per heavy atom. The lowest BCUT2D eigenvalue weighted by Crippen LogP contribution is -2.12. The highest BCUT2D eigenvalue weighted by atomic mass is 16.5. The van der Waals surface area contributed by atoms with Crippen LogP contribution < -0.4 is 15.8 Å². The van der Waals surface area contributed by atoms with Crippen molar-refractivity contribution in [2.75, 3.05) is 18.2 Å². The van der Waals surface area contributed by atoms with Crippen molar-refractivity contribution in [3.05, 3.63) is 72.6 Å². The van der Waals surface area contributed by atoms with E-state index in [0.29, 0.717) is 22.7 Å². The third-order valence-corrected chi connectivity index (χ3v) is 3.52. The Labute approximate surface area is 134 Å². The van der Waals surface area contributed by atoms with E-state index in [0.717, 1.165) is 5.69 Å². The van der Waals surface area contributed by atoms with E-state index in [1.807, 2.05) is 41.2 Å². The van der Waals surface area contributed by atoms with Crippen molar-refractivity contribution in [2.45, 2.75) is 0 Å². The number of nitrogens with two attached hydrogens (primary N) is 1. The molecule has 0 atom stereocenters. The van der Waals surface area contributed by atoms with Gasteiger partial charge in [-0.1, -0.05) is 0 Å². The minimum Gasteiger partial charge on any atom is -0.495 e. The van der Waals surface area contributed by atoms with E-state index in [9.17, 15) is 4.79 Å². The number of nitrogens with zero attached hydrogens (tertiary/aromatic N) is 1. The van der Waals surface area contributed by atoms with E-state index in [2.05, 4.69) is 5.32 Å². The molecule has 0 fully saturated rings. The number of nitrogens with one attached hydrogen (secondary N) is 1. The van der Waals surface area contributed by atoms with Gasteiger partial charge in [0.2, 0.25) is 0 Å². The summed E-state index contributed by atoms with van der Waals surface area (Å²) >= 11 is 0. The summed E-state index contributed by atoms with van der Waals surface area (Å²) in [6.07, 6.45) is 3.91. The monoisotopic (exact) mass is 307 g/mol. The minimum atomic E-state index is -0.186. The highest BCUT2D eigenvalue weighted by Gasteiger charge is 2.08. The first-order valence-electron chi connectivity index (χ1n) is 7.15. The normalized spacial score (nSPS) is 10.3. The van der Waals surface area contributed by atoms with E-state index < -0.39 is 0 Å². The summed E-state index contributed by atoms with van der Waals surface area (Å²) in [7, 11) is 1.55. The number of ether oxygens (including phenoxy) is 1. The van der Waals surface area contributed by atoms with Crippen molar-refractivity contribution in [3.63, 3.8) is 0 Å². The van der Waals surface area contributed by atoms with Gasteiger partial charge in [0.1, 0.15) is 5.75 Å². The van der Waals surface area contributed by atoms with Crippen molar-refractivity contribution < 1.29 is 9.53 Å². The van der Waals surface area contributed by atoms with Crippen LogP contribution in [-0.2, 0) is 0 Å². The summed E-state index contributed by atoms with van der Waals surface area (Å²) in [5.74, 6) is 0.396. The van der Waals surface area contributed by atoms with Gasteiger partial charge in [0.15, 0.2) is 0 Å². The first-order chi connectivity index (χ1) is 11.2. The van der Waals surface area contributed by atoms with Gasteiger partial charge in [0.05, 0.1) is 12.8 Å². The van der Waals surface area contributed by atoms with Gasteiger partial charge >= 0.3 is 0 Å². The summed E-state index contributed by atoms with van der Waals surface area (Å²) in [6, 6.07) is 16.4. The predicted molar refractivity (Wildman–Crippen MR) is 91.1 cm³/mol. The fourth-order valence-electron chi connectivity index (χ4n) is 2.31. The van der Waals surface area contributed by atoms with Crippen LogP contribution in [0.2, 0.25) is 0 Å². The molecular weight excluding hydrogens is 290 g/mol. The zero-order valence-electron chi connectivity index (χ0n) is 12.7. The Bertz CT molecular complexity index is 809. The fourth-order valence-corrected chi connectivity index (χ4v) is 2.31. The zero-order valence-corrected chi connectivity index (χ0v) is 12.7. The molecule has 116 valence electrons. The molecule has 2 aromatic carbocycles. The Kier molecular flexibility index (Phi) is 4.01. The summed E-state index contributed by atoms with van der Waals surface area (Å²) < 4.78 is 7.08. The van der Waals surface area contributed by atoms with Gasteiger partial charge in [-0.05, 0) is 54.6 Å². The molecule has 3 rings (SSSR count). The summed E-state index contributed by atoms with van der Waals surface area (Å²) in [4.78, 5) is 12.3. The molecule has 0 bridgehead atoms. The van der Waals surface area contributed by atoms with E-state index in [1.165, 1.54) is 0 Å². The number of aromatic nitrogens is 1. The minimum absolute atomic E-state index is 0.186. The predicted octanol–water partition coefficient (Wildman–Crippen LogP) is 3.32. The van der Waals surface area contributed by atoms with Crippen molar-refractivity contribution in [1.82, 2.24) is 4.57 Å². The van der Waals surface area contributed by atoms with E-state index in [-0.39, 0.29) is 5.91 Å². The number of amides is 1. The molecule has 5 heteroatoms. The average molecular weight is 307 g/mol. The van der Waals surface area contributed by atoms with Crippen LogP contribution in [0.5, 0.6) is 5.75 Å². The van der Waals surface area contributed by atoms with Crippen molar-refractivity contribution >= 4 is 17.3 Å². The number of nitrogen functional groups attached to an aromatic ring is 1. The first-order valence-corrected chi connectivity index (χ1v) is 7.15. The van der Waals surface area contributed by atoms with Gasteiger partial charge in [-0.15, -0.1) is 0 Å². The lowest BCUT2D eigenvalue weighted by Gasteiger charge is -2.09. The maximum atomic E-state index is 12.3. The average Bonchev–Trinajstić information content (AvgIpc) is 3.09. The molecule has 0 aliphatic rings.